The second kappa shape index (κ2) is 5.50. The van der Waals surface area contributed by atoms with E-state index in [2.05, 4.69) is 0 Å². The van der Waals surface area contributed by atoms with Crippen molar-refractivity contribution in [3.63, 3.8) is 0 Å². The fraction of sp³-hybridized carbons (Fsp3) is 0.600. The first-order valence-corrected chi connectivity index (χ1v) is 8.97. The molecule has 21 heavy (non-hydrogen) atoms. The minimum atomic E-state index is -3.56. The molecule has 2 N–H and O–H groups in total. The zero-order valence-corrected chi connectivity index (χ0v) is 13.2. The van der Waals surface area contributed by atoms with E-state index in [0.717, 1.165) is 44.1 Å². The molecule has 3 rings (SSSR count). The number of benzene rings is 1. The zero-order chi connectivity index (χ0) is 15.0. The minimum absolute atomic E-state index is 0.0932. The summed E-state index contributed by atoms with van der Waals surface area (Å²) in [4.78, 5) is 0.228. The van der Waals surface area contributed by atoms with Crippen molar-refractivity contribution in [1.82, 2.24) is 4.31 Å². The molecule has 1 heterocycles. The molecular formula is C15H22N2O3S. The Morgan fingerprint density at radius 1 is 1.24 bits per heavy atom. The van der Waals surface area contributed by atoms with E-state index in [9.17, 15) is 8.42 Å². The quantitative estimate of drug-likeness (QED) is 0.868. The van der Waals surface area contributed by atoms with Crippen LogP contribution in [0.3, 0.4) is 0 Å². The van der Waals surface area contributed by atoms with Crippen LogP contribution in [0.1, 0.15) is 37.7 Å². The Balaban J connectivity index is 2.04. The van der Waals surface area contributed by atoms with Gasteiger partial charge in [-0.3, -0.25) is 0 Å². The standard InChI is InChI=1S/C15H22N2O3S/c1-17(13-6-2-3-7-13)21(18,19)14-10-12(16)9-11-5-4-8-20-15(11)14/h9-10,13H,2-8,16H2,1H3. The number of fused-ring (bicyclic) bond motifs is 1. The average molecular weight is 310 g/mol. The highest BCUT2D eigenvalue weighted by molar-refractivity contribution is 7.89. The van der Waals surface area contributed by atoms with Crippen LogP contribution >= 0.6 is 0 Å². The second-order valence-corrected chi connectivity index (χ2v) is 7.88. The summed E-state index contributed by atoms with van der Waals surface area (Å²) in [7, 11) is -1.89. The molecule has 0 atom stereocenters. The summed E-state index contributed by atoms with van der Waals surface area (Å²) in [5.74, 6) is 0.500. The van der Waals surface area contributed by atoms with Gasteiger partial charge in [-0.1, -0.05) is 12.8 Å². The molecule has 0 bridgehead atoms. The summed E-state index contributed by atoms with van der Waals surface area (Å²) in [6.07, 6.45) is 5.76. The van der Waals surface area contributed by atoms with Crippen molar-refractivity contribution >= 4 is 15.7 Å². The van der Waals surface area contributed by atoms with Crippen LogP contribution in [0.4, 0.5) is 5.69 Å². The molecule has 1 aliphatic heterocycles. The Morgan fingerprint density at radius 2 is 1.95 bits per heavy atom. The van der Waals surface area contributed by atoms with Crippen LogP contribution in [0.25, 0.3) is 0 Å². The zero-order valence-electron chi connectivity index (χ0n) is 12.3. The summed E-state index contributed by atoms with van der Waals surface area (Å²) < 4.78 is 33.0. The van der Waals surface area contributed by atoms with Crippen LogP contribution in [0, 0.1) is 0 Å². The number of nitrogens with zero attached hydrogens (tertiary/aromatic N) is 1. The fourth-order valence-electron chi connectivity index (χ4n) is 3.28. The summed E-state index contributed by atoms with van der Waals surface area (Å²) in [6.45, 7) is 0.562. The largest absolute Gasteiger partial charge is 0.492 e. The fourth-order valence-corrected chi connectivity index (χ4v) is 4.90. The second-order valence-electron chi connectivity index (χ2n) is 5.92. The highest BCUT2D eigenvalue weighted by Gasteiger charge is 2.33. The third-order valence-corrected chi connectivity index (χ3v) is 6.40. The van der Waals surface area contributed by atoms with Crippen LogP contribution in [0.2, 0.25) is 0 Å². The molecule has 1 saturated carbocycles. The van der Waals surface area contributed by atoms with E-state index in [0.29, 0.717) is 18.0 Å². The predicted octanol–water partition coefficient (Wildman–Crippen LogP) is 2.16. The van der Waals surface area contributed by atoms with Gasteiger partial charge < -0.3 is 10.5 Å². The van der Waals surface area contributed by atoms with E-state index in [1.807, 2.05) is 6.07 Å². The first-order valence-electron chi connectivity index (χ1n) is 7.53. The molecule has 0 unspecified atom stereocenters. The smallest absolute Gasteiger partial charge is 0.246 e. The highest BCUT2D eigenvalue weighted by Crippen LogP contribution is 2.37. The number of rotatable bonds is 3. The first kappa shape index (κ1) is 14.7. The van der Waals surface area contributed by atoms with E-state index < -0.39 is 10.0 Å². The lowest BCUT2D eigenvalue weighted by Gasteiger charge is -2.27. The minimum Gasteiger partial charge on any atom is -0.492 e. The van der Waals surface area contributed by atoms with Gasteiger partial charge in [0.05, 0.1) is 6.61 Å². The molecule has 0 spiro atoms. The Kier molecular flexibility index (Phi) is 3.84. The molecule has 6 heteroatoms. The predicted molar refractivity (Wildman–Crippen MR) is 81.9 cm³/mol. The Hall–Kier alpha value is -1.27. The maximum atomic E-state index is 12.9. The van der Waals surface area contributed by atoms with Gasteiger partial charge >= 0.3 is 0 Å². The first-order chi connectivity index (χ1) is 10.00. The van der Waals surface area contributed by atoms with Crippen molar-refractivity contribution < 1.29 is 13.2 Å². The Bertz CT molecular complexity index is 637. The summed E-state index contributed by atoms with van der Waals surface area (Å²) in [5.41, 5.74) is 7.28. The number of ether oxygens (including phenoxy) is 1. The normalized spacial score (nSPS) is 19.5. The van der Waals surface area contributed by atoms with E-state index >= 15 is 0 Å². The number of hydrogen-bond acceptors (Lipinski definition) is 4. The van der Waals surface area contributed by atoms with Crippen LogP contribution in [0.15, 0.2) is 17.0 Å². The molecule has 1 aromatic rings. The third kappa shape index (κ3) is 2.62. The monoisotopic (exact) mass is 310 g/mol. The topological polar surface area (TPSA) is 72.6 Å². The van der Waals surface area contributed by atoms with Crippen molar-refractivity contribution in [2.75, 3.05) is 19.4 Å². The molecular weight excluding hydrogens is 288 g/mol. The molecule has 1 aromatic carbocycles. The highest BCUT2D eigenvalue weighted by atomic mass is 32.2. The number of hydrogen-bond donors (Lipinski definition) is 1. The third-order valence-electron chi connectivity index (χ3n) is 4.49. The molecule has 5 nitrogen and oxygen atoms in total. The van der Waals surface area contributed by atoms with Gasteiger partial charge in [-0.05, 0) is 43.4 Å². The molecule has 1 fully saturated rings. The van der Waals surface area contributed by atoms with Gasteiger partial charge in [-0.25, -0.2) is 8.42 Å². The van der Waals surface area contributed by atoms with Crippen LogP contribution in [0.5, 0.6) is 5.75 Å². The molecule has 0 radical (unpaired) electrons. The Morgan fingerprint density at radius 3 is 2.67 bits per heavy atom. The van der Waals surface area contributed by atoms with Crippen LogP contribution < -0.4 is 10.5 Å². The van der Waals surface area contributed by atoms with Crippen LogP contribution in [-0.2, 0) is 16.4 Å². The van der Waals surface area contributed by atoms with Crippen molar-refractivity contribution in [1.29, 1.82) is 0 Å². The van der Waals surface area contributed by atoms with Crippen molar-refractivity contribution in [3.8, 4) is 5.75 Å². The maximum Gasteiger partial charge on any atom is 0.246 e. The van der Waals surface area contributed by atoms with Gasteiger partial charge in [-0.15, -0.1) is 0 Å². The molecule has 116 valence electrons. The van der Waals surface area contributed by atoms with Gasteiger partial charge in [0.2, 0.25) is 10.0 Å². The SMILES string of the molecule is CN(C1CCCC1)S(=O)(=O)c1cc(N)cc2c1OCCC2. The van der Waals surface area contributed by atoms with Gasteiger partial charge in [0.15, 0.2) is 0 Å². The van der Waals surface area contributed by atoms with E-state index in [-0.39, 0.29) is 10.9 Å². The number of sulfonamides is 1. The number of nitrogen functional groups attached to an aromatic ring is 1. The summed E-state index contributed by atoms with van der Waals surface area (Å²) in [6, 6.07) is 3.45. The lowest BCUT2D eigenvalue weighted by Crippen LogP contribution is -2.35. The number of anilines is 1. The number of nitrogens with two attached hydrogens (primary N) is 1. The summed E-state index contributed by atoms with van der Waals surface area (Å²) >= 11 is 0. The van der Waals surface area contributed by atoms with Gasteiger partial charge in [0, 0.05) is 18.8 Å². The lowest BCUT2D eigenvalue weighted by atomic mass is 10.1. The van der Waals surface area contributed by atoms with E-state index in [4.69, 9.17) is 10.5 Å². The average Bonchev–Trinajstić information content (AvgIpc) is 2.99. The Labute approximate surface area is 126 Å². The molecule has 1 aliphatic carbocycles. The van der Waals surface area contributed by atoms with Crippen LogP contribution in [-0.4, -0.2) is 32.4 Å². The van der Waals surface area contributed by atoms with Gasteiger partial charge in [0.1, 0.15) is 10.6 Å². The van der Waals surface area contributed by atoms with Crippen molar-refractivity contribution in [2.45, 2.75) is 49.5 Å². The van der Waals surface area contributed by atoms with E-state index in [1.165, 1.54) is 10.4 Å². The maximum absolute atomic E-state index is 12.9. The molecule has 0 aromatic heterocycles. The summed E-state index contributed by atoms with van der Waals surface area (Å²) in [5, 5.41) is 0. The molecule has 2 aliphatic rings. The van der Waals surface area contributed by atoms with Crippen molar-refractivity contribution in [2.24, 2.45) is 0 Å². The van der Waals surface area contributed by atoms with Gasteiger partial charge in [0.25, 0.3) is 0 Å². The number of aryl methyl sites for hydroxylation is 1. The van der Waals surface area contributed by atoms with Crippen molar-refractivity contribution in [3.05, 3.63) is 17.7 Å². The lowest BCUT2D eigenvalue weighted by molar-refractivity contribution is 0.278. The molecule has 0 saturated heterocycles. The van der Waals surface area contributed by atoms with E-state index in [1.54, 1.807) is 7.05 Å². The molecule has 0 amide bonds. The van der Waals surface area contributed by atoms with Gasteiger partial charge in [-0.2, -0.15) is 4.31 Å².